The van der Waals surface area contributed by atoms with Gasteiger partial charge in [0, 0.05) is 19.0 Å². The SMILES string of the molecule is CCCC.CCCCCCC(C=O)CCC[C@@H](CC)N[C@@H](C)C(=O)NC.c1ccc(Cc2ccccc2)cc1. The second-order valence-electron chi connectivity index (χ2n) is 10.4. The zero-order valence-electron chi connectivity index (χ0n) is 25.9. The van der Waals surface area contributed by atoms with Crippen LogP contribution in [0.2, 0.25) is 0 Å². The van der Waals surface area contributed by atoms with Gasteiger partial charge in [-0.25, -0.2) is 0 Å². The van der Waals surface area contributed by atoms with E-state index >= 15 is 0 Å². The third kappa shape index (κ3) is 20.2. The number of benzene rings is 2. The molecule has 0 aliphatic rings. The van der Waals surface area contributed by atoms with E-state index in [0.717, 1.165) is 44.8 Å². The highest BCUT2D eigenvalue weighted by Gasteiger charge is 2.16. The maximum absolute atomic E-state index is 11.5. The molecule has 0 saturated heterocycles. The Morgan fingerprint density at radius 1 is 0.744 bits per heavy atom. The van der Waals surface area contributed by atoms with Crippen LogP contribution in [0.5, 0.6) is 0 Å². The molecule has 4 heteroatoms. The second kappa shape index (κ2) is 25.8. The van der Waals surface area contributed by atoms with Gasteiger partial charge in [-0.15, -0.1) is 0 Å². The lowest BCUT2D eigenvalue weighted by atomic mass is 9.94. The smallest absolute Gasteiger partial charge is 0.236 e. The first-order valence-corrected chi connectivity index (χ1v) is 15.5. The third-order valence-electron chi connectivity index (χ3n) is 6.96. The highest BCUT2D eigenvalue weighted by Crippen LogP contribution is 2.17. The molecule has 1 amide bonds. The van der Waals surface area contributed by atoms with E-state index in [4.69, 9.17) is 0 Å². The molecule has 0 fully saturated rings. The molecule has 4 nitrogen and oxygen atoms in total. The number of amides is 1. The van der Waals surface area contributed by atoms with Crippen LogP contribution in [0.4, 0.5) is 0 Å². The molecule has 2 rings (SSSR count). The van der Waals surface area contributed by atoms with Crippen molar-refractivity contribution in [1.29, 1.82) is 0 Å². The molecular formula is C35H58N2O2. The zero-order chi connectivity index (χ0) is 29.1. The molecule has 0 aliphatic carbocycles. The minimum atomic E-state index is -0.161. The van der Waals surface area contributed by atoms with Crippen LogP contribution in [0.1, 0.15) is 116 Å². The van der Waals surface area contributed by atoms with Gasteiger partial charge < -0.3 is 15.4 Å². The van der Waals surface area contributed by atoms with Crippen LogP contribution in [-0.4, -0.2) is 31.3 Å². The van der Waals surface area contributed by atoms with E-state index in [1.54, 1.807) is 7.05 Å². The number of carbonyl (C=O) groups is 2. The van der Waals surface area contributed by atoms with Crippen molar-refractivity contribution >= 4 is 12.2 Å². The Morgan fingerprint density at radius 2 is 1.28 bits per heavy atom. The lowest BCUT2D eigenvalue weighted by Gasteiger charge is -2.21. The van der Waals surface area contributed by atoms with Gasteiger partial charge in [0.25, 0.3) is 0 Å². The number of rotatable bonds is 17. The van der Waals surface area contributed by atoms with Crippen LogP contribution in [0.25, 0.3) is 0 Å². The van der Waals surface area contributed by atoms with Gasteiger partial charge in [-0.05, 0) is 50.2 Å². The summed E-state index contributed by atoms with van der Waals surface area (Å²) in [5.74, 6) is 0.242. The van der Waals surface area contributed by atoms with E-state index < -0.39 is 0 Å². The average molecular weight is 539 g/mol. The van der Waals surface area contributed by atoms with Crippen molar-refractivity contribution < 1.29 is 9.59 Å². The Labute approximate surface area is 240 Å². The fraction of sp³-hybridized carbons (Fsp3) is 0.600. The number of likely N-dealkylation sites (N-methyl/N-ethyl adjacent to an activating group) is 1. The van der Waals surface area contributed by atoms with E-state index in [1.165, 1.54) is 49.7 Å². The lowest BCUT2D eigenvalue weighted by molar-refractivity contribution is -0.122. The molecule has 2 aromatic rings. The number of hydrogen-bond acceptors (Lipinski definition) is 3. The summed E-state index contributed by atoms with van der Waals surface area (Å²) in [7, 11) is 1.66. The normalized spacial score (nSPS) is 12.6. The zero-order valence-corrected chi connectivity index (χ0v) is 25.9. The number of unbranched alkanes of at least 4 members (excludes halogenated alkanes) is 4. The molecule has 0 aliphatic heterocycles. The summed E-state index contributed by atoms with van der Waals surface area (Å²) in [5, 5.41) is 6.03. The molecule has 2 N–H and O–H groups in total. The van der Waals surface area contributed by atoms with Gasteiger partial charge in [-0.3, -0.25) is 4.79 Å². The molecule has 1 unspecified atom stereocenters. The molecule has 3 atom stereocenters. The fourth-order valence-corrected chi connectivity index (χ4v) is 4.22. The van der Waals surface area contributed by atoms with Gasteiger partial charge in [0.05, 0.1) is 6.04 Å². The molecular weight excluding hydrogens is 480 g/mol. The van der Waals surface area contributed by atoms with Gasteiger partial charge in [-0.2, -0.15) is 0 Å². The number of aldehydes is 1. The Morgan fingerprint density at radius 3 is 1.72 bits per heavy atom. The molecule has 220 valence electrons. The molecule has 0 heterocycles. The highest BCUT2D eigenvalue weighted by atomic mass is 16.2. The molecule has 0 aromatic heterocycles. The molecule has 0 bridgehead atoms. The van der Waals surface area contributed by atoms with Crippen LogP contribution < -0.4 is 10.6 Å². The number of nitrogens with one attached hydrogen (secondary N) is 2. The van der Waals surface area contributed by atoms with Gasteiger partial charge in [0.15, 0.2) is 0 Å². The summed E-state index contributed by atoms with van der Waals surface area (Å²) in [5.41, 5.74) is 2.74. The van der Waals surface area contributed by atoms with Gasteiger partial charge in [0.2, 0.25) is 5.91 Å². The largest absolute Gasteiger partial charge is 0.358 e. The Bertz CT molecular complexity index is 770. The van der Waals surface area contributed by atoms with Crippen molar-refractivity contribution in [2.24, 2.45) is 5.92 Å². The average Bonchev–Trinajstić information content (AvgIpc) is 2.98. The Hall–Kier alpha value is -2.46. The van der Waals surface area contributed by atoms with E-state index in [2.05, 4.69) is 99.0 Å². The van der Waals surface area contributed by atoms with Crippen LogP contribution in [0.3, 0.4) is 0 Å². The highest BCUT2D eigenvalue weighted by molar-refractivity contribution is 5.80. The van der Waals surface area contributed by atoms with Gasteiger partial charge in [0.1, 0.15) is 6.29 Å². The third-order valence-corrected chi connectivity index (χ3v) is 6.96. The second-order valence-corrected chi connectivity index (χ2v) is 10.4. The van der Waals surface area contributed by atoms with Crippen molar-refractivity contribution in [2.75, 3.05) is 7.05 Å². The van der Waals surface area contributed by atoms with Gasteiger partial charge in [-0.1, -0.05) is 133 Å². The fourth-order valence-electron chi connectivity index (χ4n) is 4.22. The van der Waals surface area contributed by atoms with Crippen molar-refractivity contribution in [2.45, 2.75) is 124 Å². The van der Waals surface area contributed by atoms with Gasteiger partial charge >= 0.3 is 0 Å². The summed E-state index contributed by atoms with van der Waals surface area (Å²) >= 11 is 0. The van der Waals surface area contributed by atoms with E-state index in [9.17, 15) is 9.59 Å². The molecule has 2 aromatic carbocycles. The van der Waals surface area contributed by atoms with Crippen LogP contribution in [-0.2, 0) is 16.0 Å². The van der Waals surface area contributed by atoms with Crippen LogP contribution in [0.15, 0.2) is 60.7 Å². The van der Waals surface area contributed by atoms with Crippen molar-refractivity contribution in [3.8, 4) is 0 Å². The number of hydrogen-bond donors (Lipinski definition) is 2. The minimum Gasteiger partial charge on any atom is -0.358 e. The van der Waals surface area contributed by atoms with E-state index in [0.29, 0.717) is 6.04 Å². The summed E-state index contributed by atoms with van der Waals surface area (Å²) in [6.07, 6.45) is 14.8. The van der Waals surface area contributed by atoms with Crippen molar-refractivity contribution in [1.82, 2.24) is 10.6 Å². The summed E-state index contributed by atoms with van der Waals surface area (Å²) in [6, 6.07) is 21.3. The predicted molar refractivity (Wildman–Crippen MR) is 169 cm³/mol. The topological polar surface area (TPSA) is 58.2 Å². The minimum absolute atomic E-state index is 0.0279. The van der Waals surface area contributed by atoms with Crippen molar-refractivity contribution in [3.05, 3.63) is 71.8 Å². The lowest BCUT2D eigenvalue weighted by Crippen LogP contribution is -2.45. The molecule has 0 saturated carbocycles. The summed E-state index contributed by atoms with van der Waals surface area (Å²) in [4.78, 5) is 22.7. The first-order chi connectivity index (χ1) is 18.9. The number of carbonyl (C=O) groups excluding carboxylic acids is 2. The quantitative estimate of drug-likeness (QED) is 0.157. The van der Waals surface area contributed by atoms with E-state index in [-0.39, 0.29) is 17.9 Å². The summed E-state index contributed by atoms with van der Waals surface area (Å²) < 4.78 is 0. The first kappa shape index (κ1) is 36.5. The molecule has 39 heavy (non-hydrogen) atoms. The van der Waals surface area contributed by atoms with E-state index in [1.807, 2.05) is 6.92 Å². The molecule has 0 radical (unpaired) electrons. The Kier molecular flexibility index (Phi) is 24.2. The standard InChI is InChI=1S/C18H36N2O2.C13H12.C4H10/c1-5-7-8-9-11-16(14-21)12-10-13-17(6-2)20-15(3)18(22)19-4;1-3-7-12(8-4-1)11-13-9-5-2-6-10-13;1-3-4-2/h14-17,20H,5-13H2,1-4H3,(H,19,22);1-10H,11H2;3-4H2,1-2H3/t15-,16?,17+;;/m0../s1. The maximum atomic E-state index is 11.5. The predicted octanol–water partition coefficient (Wildman–Crippen LogP) is 8.53. The monoisotopic (exact) mass is 538 g/mol. The molecule has 0 spiro atoms. The van der Waals surface area contributed by atoms with Crippen LogP contribution in [0, 0.1) is 5.92 Å². The first-order valence-electron chi connectivity index (χ1n) is 15.5. The Balaban J connectivity index is 0.000000707. The maximum Gasteiger partial charge on any atom is 0.236 e. The van der Waals surface area contributed by atoms with Crippen LogP contribution >= 0.6 is 0 Å². The van der Waals surface area contributed by atoms with Crippen molar-refractivity contribution in [3.63, 3.8) is 0 Å². The summed E-state index contributed by atoms with van der Waals surface area (Å²) in [6.45, 7) is 10.6.